The minimum Gasteiger partial charge on any atom is -0.255 e. The second kappa shape index (κ2) is 6.57. The highest BCUT2D eigenvalue weighted by Gasteiger charge is 2.14. The molecule has 5 nitrogen and oxygen atoms in total. The molecule has 23 heavy (non-hydrogen) atoms. The Morgan fingerprint density at radius 1 is 1.09 bits per heavy atom. The molecule has 0 aliphatic rings. The molecular formula is C16H15N3O2S2. The molecule has 1 N–H and O–H groups in total. The third-order valence-corrected chi connectivity index (χ3v) is 5.49. The van der Waals surface area contributed by atoms with Gasteiger partial charge in [-0.15, -0.1) is 11.3 Å². The van der Waals surface area contributed by atoms with E-state index in [-0.39, 0.29) is 11.4 Å². The van der Waals surface area contributed by atoms with E-state index in [4.69, 9.17) is 0 Å². The fraction of sp³-hybridized carbons (Fsp3) is 0.125. The van der Waals surface area contributed by atoms with Crippen molar-refractivity contribution >= 4 is 21.4 Å². The van der Waals surface area contributed by atoms with Gasteiger partial charge in [-0.25, -0.2) is 18.1 Å². The lowest BCUT2D eigenvalue weighted by molar-refractivity contribution is 0.581. The van der Waals surface area contributed by atoms with E-state index in [1.165, 1.54) is 11.3 Å². The van der Waals surface area contributed by atoms with E-state index in [0.717, 1.165) is 17.0 Å². The van der Waals surface area contributed by atoms with Gasteiger partial charge >= 0.3 is 0 Å². The van der Waals surface area contributed by atoms with Gasteiger partial charge in [0.1, 0.15) is 5.01 Å². The zero-order chi connectivity index (χ0) is 16.3. The summed E-state index contributed by atoms with van der Waals surface area (Å²) in [5.74, 6) is 0. The van der Waals surface area contributed by atoms with Gasteiger partial charge in [0.2, 0.25) is 10.0 Å². The van der Waals surface area contributed by atoms with Crippen molar-refractivity contribution in [2.24, 2.45) is 0 Å². The summed E-state index contributed by atoms with van der Waals surface area (Å²) in [5.41, 5.74) is 2.54. The second-order valence-corrected chi connectivity index (χ2v) is 7.69. The number of benzene rings is 1. The van der Waals surface area contributed by atoms with Crippen molar-refractivity contribution in [2.45, 2.75) is 18.4 Å². The molecule has 0 aliphatic heterocycles. The van der Waals surface area contributed by atoms with Crippen LogP contribution in [0.1, 0.15) is 10.6 Å². The highest BCUT2D eigenvalue weighted by Crippen LogP contribution is 2.20. The maximum absolute atomic E-state index is 12.2. The summed E-state index contributed by atoms with van der Waals surface area (Å²) in [6.07, 6.45) is 1.70. The Morgan fingerprint density at radius 2 is 1.87 bits per heavy atom. The lowest BCUT2D eigenvalue weighted by atomic mass is 10.2. The summed E-state index contributed by atoms with van der Waals surface area (Å²) < 4.78 is 27.1. The minimum atomic E-state index is -3.53. The molecule has 0 saturated heterocycles. The molecule has 0 unspecified atom stereocenters. The van der Waals surface area contributed by atoms with Gasteiger partial charge in [-0.3, -0.25) is 4.98 Å². The van der Waals surface area contributed by atoms with Crippen molar-refractivity contribution in [3.05, 3.63) is 64.6 Å². The molecule has 7 heteroatoms. The maximum Gasteiger partial charge on any atom is 0.240 e. The molecule has 2 heterocycles. The van der Waals surface area contributed by atoms with Crippen LogP contribution >= 0.6 is 11.3 Å². The van der Waals surface area contributed by atoms with E-state index < -0.39 is 10.0 Å². The van der Waals surface area contributed by atoms with E-state index >= 15 is 0 Å². The number of aryl methyl sites for hydroxylation is 1. The molecule has 0 atom stereocenters. The van der Waals surface area contributed by atoms with Gasteiger partial charge in [-0.2, -0.15) is 0 Å². The first-order valence-corrected chi connectivity index (χ1v) is 9.33. The van der Waals surface area contributed by atoms with Gasteiger partial charge in [-0.05, 0) is 31.2 Å². The lowest BCUT2D eigenvalue weighted by Crippen LogP contribution is -2.23. The molecule has 0 bridgehead atoms. The molecule has 0 radical (unpaired) electrons. The summed E-state index contributed by atoms with van der Waals surface area (Å²) in [7, 11) is -3.53. The van der Waals surface area contributed by atoms with E-state index in [0.29, 0.717) is 5.01 Å². The Hall–Kier alpha value is -2.09. The number of thiazole rings is 1. The number of aromatic nitrogens is 2. The number of nitrogens with zero attached hydrogens (tertiary/aromatic N) is 2. The molecule has 0 saturated carbocycles. The van der Waals surface area contributed by atoms with Crippen LogP contribution in [0.4, 0.5) is 0 Å². The Morgan fingerprint density at radius 3 is 2.57 bits per heavy atom. The Labute approximate surface area is 139 Å². The van der Waals surface area contributed by atoms with E-state index in [1.807, 2.05) is 30.5 Å². The SMILES string of the molecule is Cc1ccc(S(=O)(=O)NCc2nc(-c3ccccn3)cs2)cc1. The first-order chi connectivity index (χ1) is 11.0. The fourth-order valence-electron chi connectivity index (χ4n) is 1.98. The van der Waals surface area contributed by atoms with Gasteiger partial charge in [0.15, 0.2) is 0 Å². The fourth-order valence-corrected chi connectivity index (χ4v) is 3.79. The summed E-state index contributed by atoms with van der Waals surface area (Å²) in [4.78, 5) is 8.91. The van der Waals surface area contributed by atoms with Gasteiger partial charge in [0.05, 0.1) is 22.8 Å². The summed E-state index contributed by atoms with van der Waals surface area (Å²) in [6.45, 7) is 2.08. The number of hydrogen-bond acceptors (Lipinski definition) is 5. The lowest BCUT2D eigenvalue weighted by Gasteiger charge is -2.05. The van der Waals surface area contributed by atoms with Crippen molar-refractivity contribution in [3.8, 4) is 11.4 Å². The summed E-state index contributed by atoms with van der Waals surface area (Å²) in [6, 6.07) is 12.3. The van der Waals surface area contributed by atoms with Crippen LogP contribution in [-0.2, 0) is 16.6 Å². The Bertz CT molecular complexity index is 889. The van der Waals surface area contributed by atoms with Gasteiger partial charge in [-0.1, -0.05) is 23.8 Å². The number of nitrogens with one attached hydrogen (secondary N) is 1. The summed E-state index contributed by atoms with van der Waals surface area (Å²) in [5, 5.41) is 2.57. The third-order valence-electron chi connectivity index (χ3n) is 3.22. The largest absolute Gasteiger partial charge is 0.255 e. The molecule has 0 fully saturated rings. The topological polar surface area (TPSA) is 72.0 Å². The molecule has 1 aromatic carbocycles. The molecule has 3 aromatic rings. The average Bonchev–Trinajstić information content (AvgIpc) is 3.03. The molecule has 118 valence electrons. The molecule has 0 aliphatic carbocycles. The number of rotatable bonds is 5. The quantitative estimate of drug-likeness (QED) is 0.771. The van der Waals surface area contributed by atoms with Gasteiger partial charge < -0.3 is 0 Å². The van der Waals surface area contributed by atoms with Crippen molar-refractivity contribution in [3.63, 3.8) is 0 Å². The van der Waals surface area contributed by atoms with Gasteiger partial charge in [0.25, 0.3) is 0 Å². The zero-order valence-corrected chi connectivity index (χ0v) is 14.1. The van der Waals surface area contributed by atoms with Crippen LogP contribution in [0.5, 0.6) is 0 Å². The first-order valence-electron chi connectivity index (χ1n) is 6.97. The standard InChI is InChI=1S/C16H15N3O2S2/c1-12-5-7-13(8-6-12)23(20,21)18-10-16-19-15(11-22-16)14-4-2-3-9-17-14/h2-9,11,18H,10H2,1H3. The Kier molecular flexibility index (Phi) is 4.51. The maximum atomic E-state index is 12.2. The van der Waals surface area contributed by atoms with E-state index in [9.17, 15) is 8.42 Å². The smallest absolute Gasteiger partial charge is 0.240 e. The monoisotopic (exact) mass is 345 g/mol. The second-order valence-electron chi connectivity index (χ2n) is 4.98. The third kappa shape index (κ3) is 3.82. The molecular weight excluding hydrogens is 330 g/mol. The van der Waals surface area contributed by atoms with Crippen LogP contribution in [0.25, 0.3) is 11.4 Å². The summed E-state index contributed by atoms with van der Waals surface area (Å²) >= 11 is 1.40. The van der Waals surface area contributed by atoms with Crippen LogP contribution in [0.2, 0.25) is 0 Å². The van der Waals surface area contributed by atoms with Crippen LogP contribution < -0.4 is 4.72 Å². The molecule has 0 spiro atoms. The van der Waals surface area contributed by atoms with Crippen molar-refractivity contribution < 1.29 is 8.42 Å². The van der Waals surface area contributed by atoms with Crippen LogP contribution in [0.3, 0.4) is 0 Å². The molecule has 0 amide bonds. The predicted octanol–water partition coefficient (Wildman–Crippen LogP) is 2.99. The number of sulfonamides is 1. The molecule has 3 rings (SSSR count). The Balaban J connectivity index is 1.71. The van der Waals surface area contributed by atoms with Crippen molar-refractivity contribution in [1.29, 1.82) is 0 Å². The molecule has 2 aromatic heterocycles. The first kappa shape index (κ1) is 15.8. The van der Waals surface area contributed by atoms with Crippen LogP contribution in [-0.4, -0.2) is 18.4 Å². The number of hydrogen-bond donors (Lipinski definition) is 1. The van der Waals surface area contributed by atoms with Gasteiger partial charge in [0, 0.05) is 11.6 Å². The average molecular weight is 345 g/mol. The van der Waals surface area contributed by atoms with E-state index in [2.05, 4.69) is 14.7 Å². The highest BCUT2D eigenvalue weighted by molar-refractivity contribution is 7.89. The van der Waals surface area contributed by atoms with Crippen molar-refractivity contribution in [2.75, 3.05) is 0 Å². The number of pyridine rings is 1. The van der Waals surface area contributed by atoms with Crippen LogP contribution in [0, 0.1) is 6.92 Å². The van der Waals surface area contributed by atoms with Crippen molar-refractivity contribution in [1.82, 2.24) is 14.7 Å². The van der Waals surface area contributed by atoms with E-state index in [1.54, 1.807) is 30.5 Å². The zero-order valence-electron chi connectivity index (χ0n) is 12.4. The normalized spacial score (nSPS) is 11.5. The predicted molar refractivity (Wildman–Crippen MR) is 90.5 cm³/mol. The minimum absolute atomic E-state index is 0.160. The van der Waals surface area contributed by atoms with Crippen LogP contribution in [0.15, 0.2) is 58.9 Å². The highest BCUT2D eigenvalue weighted by atomic mass is 32.2.